The van der Waals surface area contributed by atoms with E-state index in [0.29, 0.717) is 6.04 Å². The molecule has 2 N–H and O–H groups in total. The van der Waals surface area contributed by atoms with Gasteiger partial charge in [-0.25, -0.2) is 0 Å². The molecule has 0 atom stereocenters. The van der Waals surface area contributed by atoms with Gasteiger partial charge in [0.05, 0.1) is 0 Å². The minimum atomic E-state index is 0. The van der Waals surface area contributed by atoms with Gasteiger partial charge in [-0.05, 0) is 57.2 Å². The Balaban J connectivity index is 0.00000338. The van der Waals surface area contributed by atoms with Crippen molar-refractivity contribution in [2.75, 3.05) is 32.7 Å². The highest BCUT2D eigenvalue weighted by Crippen LogP contribution is 2.11. The molecule has 1 aliphatic rings. The van der Waals surface area contributed by atoms with Crippen LogP contribution in [0.5, 0.6) is 0 Å². The molecule has 0 spiro atoms. The summed E-state index contributed by atoms with van der Waals surface area (Å²) in [7, 11) is 0. The summed E-state index contributed by atoms with van der Waals surface area (Å²) in [5.74, 6) is 0.938. The van der Waals surface area contributed by atoms with Crippen molar-refractivity contribution >= 4 is 29.9 Å². The standard InChI is InChI=1S/C20H33N5.HI/c1-5-22-20(23-11-7-18-6-10-21-14-17(18)4)24-19-8-12-25(13-9-19)15-16(2)3;/h6,10,14,19H,2,5,7-9,11-13,15H2,1,3-4H3,(H2,22,23,24);1H. The van der Waals surface area contributed by atoms with Crippen LogP contribution in [-0.4, -0.2) is 54.6 Å². The van der Waals surface area contributed by atoms with Gasteiger partial charge in [0.15, 0.2) is 5.96 Å². The molecule has 0 amide bonds. The van der Waals surface area contributed by atoms with Gasteiger partial charge < -0.3 is 10.6 Å². The number of aromatic nitrogens is 1. The van der Waals surface area contributed by atoms with E-state index in [1.807, 2.05) is 12.4 Å². The largest absolute Gasteiger partial charge is 0.357 e. The number of nitrogens with zero attached hydrogens (tertiary/aromatic N) is 3. The molecule has 0 aromatic carbocycles. The molecule has 2 rings (SSSR count). The van der Waals surface area contributed by atoms with Crippen LogP contribution in [0.1, 0.15) is 37.8 Å². The number of nitrogens with one attached hydrogen (secondary N) is 2. The smallest absolute Gasteiger partial charge is 0.191 e. The van der Waals surface area contributed by atoms with Crippen molar-refractivity contribution in [2.24, 2.45) is 4.99 Å². The van der Waals surface area contributed by atoms with Gasteiger partial charge >= 0.3 is 0 Å². The molecule has 1 aromatic heterocycles. The summed E-state index contributed by atoms with van der Waals surface area (Å²) in [5, 5.41) is 6.98. The minimum absolute atomic E-state index is 0. The Morgan fingerprint density at radius 2 is 2.12 bits per heavy atom. The first-order chi connectivity index (χ1) is 12.1. The molecule has 26 heavy (non-hydrogen) atoms. The summed E-state index contributed by atoms with van der Waals surface area (Å²) in [5.41, 5.74) is 3.80. The molecule has 0 aliphatic carbocycles. The Morgan fingerprint density at radius 3 is 2.73 bits per heavy atom. The van der Waals surface area contributed by atoms with Crippen LogP contribution in [0.4, 0.5) is 0 Å². The molecule has 1 fully saturated rings. The second kappa shape index (κ2) is 12.3. The maximum atomic E-state index is 4.76. The third-order valence-electron chi connectivity index (χ3n) is 4.55. The van der Waals surface area contributed by atoms with Crippen LogP contribution in [0.15, 0.2) is 35.6 Å². The summed E-state index contributed by atoms with van der Waals surface area (Å²) in [6.45, 7) is 15.3. The van der Waals surface area contributed by atoms with E-state index >= 15 is 0 Å². The van der Waals surface area contributed by atoms with Crippen LogP contribution in [-0.2, 0) is 6.42 Å². The van der Waals surface area contributed by atoms with Crippen molar-refractivity contribution in [1.29, 1.82) is 0 Å². The van der Waals surface area contributed by atoms with Crippen LogP contribution in [0, 0.1) is 6.92 Å². The Kier molecular flexibility index (Phi) is 10.8. The van der Waals surface area contributed by atoms with Crippen LogP contribution in [0.2, 0.25) is 0 Å². The van der Waals surface area contributed by atoms with Crippen molar-refractivity contribution in [1.82, 2.24) is 20.5 Å². The van der Waals surface area contributed by atoms with Gasteiger partial charge in [0, 0.05) is 51.2 Å². The van der Waals surface area contributed by atoms with Crippen molar-refractivity contribution in [2.45, 2.75) is 46.1 Å². The lowest BCUT2D eigenvalue weighted by Crippen LogP contribution is -2.49. The third-order valence-corrected chi connectivity index (χ3v) is 4.55. The number of hydrogen-bond acceptors (Lipinski definition) is 3. The Bertz CT molecular complexity index is 579. The van der Waals surface area contributed by atoms with Crippen molar-refractivity contribution in [3.63, 3.8) is 0 Å². The number of piperidine rings is 1. The van der Waals surface area contributed by atoms with Crippen molar-refractivity contribution < 1.29 is 0 Å². The van der Waals surface area contributed by atoms with Gasteiger partial charge in [-0.2, -0.15) is 0 Å². The number of likely N-dealkylation sites (tertiary alicyclic amines) is 1. The molecule has 0 bridgehead atoms. The molecule has 0 radical (unpaired) electrons. The number of pyridine rings is 1. The first-order valence-electron chi connectivity index (χ1n) is 9.39. The van der Waals surface area contributed by atoms with E-state index in [9.17, 15) is 0 Å². The number of aliphatic imine (C=N–C) groups is 1. The second-order valence-electron chi connectivity index (χ2n) is 6.96. The van der Waals surface area contributed by atoms with E-state index in [4.69, 9.17) is 4.99 Å². The van der Waals surface area contributed by atoms with E-state index in [1.165, 1.54) is 16.7 Å². The van der Waals surface area contributed by atoms with E-state index in [0.717, 1.165) is 57.9 Å². The Morgan fingerprint density at radius 1 is 1.38 bits per heavy atom. The molecule has 1 saturated heterocycles. The summed E-state index contributed by atoms with van der Waals surface area (Å²) < 4.78 is 0. The quantitative estimate of drug-likeness (QED) is 0.278. The van der Waals surface area contributed by atoms with E-state index < -0.39 is 0 Å². The minimum Gasteiger partial charge on any atom is -0.357 e. The summed E-state index contributed by atoms with van der Waals surface area (Å²) in [6, 6.07) is 2.59. The first kappa shape index (κ1) is 22.9. The molecule has 6 heteroatoms. The van der Waals surface area contributed by atoms with Crippen LogP contribution >= 0.6 is 24.0 Å². The molecule has 0 saturated carbocycles. The lowest BCUT2D eigenvalue weighted by atomic mass is 10.0. The average molecular weight is 471 g/mol. The zero-order valence-corrected chi connectivity index (χ0v) is 18.8. The molecule has 146 valence electrons. The number of halogens is 1. The van der Waals surface area contributed by atoms with E-state index in [-0.39, 0.29) is 24.0 Å². The zero-order chi connectivity index (χ0) is 18.1. The highest BCUT2D eigenvalue weighted by molar-refractivity contribution is 14.0. The van der Waals surface area contributed by atoms with Gasteiger partial charge in [0.1, 0.15) is 0 Å². The molecule has 0 unspecified atom stereocenters. The third kappa shape index (κ3) is 8.03. The molecular formula is C20H34IN5. The fraction of sp³-hybridized carbons (Fsp3) is 0.600. The number of hydrogen-bond donors (Lipinski definition) is 2. The monoisotopic (exact) mass is 471 g/mol. The van der Waals surface area contributed by atoms with E-state index in [1.54, 1.807) is 0 Å². The summed E-state index contributed by atoms with van der Waals surface area (Å²) in [4.78, 5) is 11.4. The lowest BCUT2D eigenvalue weighted by Gasteiger charge is -2.33. The lowest BCUT2D eigenvalue weighted by molar-refractivity contribution is 0.221. The number of aryl methyl sites for hydroxylation is 1. The summed E-state index contributed by atoms with van der Waals surface area (Å²) >= 11 is 0. The van der Waals surface area contributed by atoms with Gasteiger partial charge in [-0.3, -0.25) is 14.9 Å². The maximum Gasteiger partial charge on any atom is 0.191 e. The average Bonchev–Trinajstić information content (AvgIpc) is 2.58. The SMILES string of the molecule is C=C(C)CN1CCC(NC(=NCCc2ccncc2C)NCC)CC1.I. The van der Waals surface area contributed by atoms with E-state index in [2.05, 4.69) is 53.9 Å². The van der Waals surface area contributed by atoms with Gasteiger partial charge in [0.2, 0.25) is 0 Å². The molecule has 1 aromatic rings. The van der Waals surface area contributed by atoms with Gasteiger partial charge in [-0.15, -0.1) is 24.0 Å². The molecule has 5 nitrogen and oxygen atoms in total. The number of rotatable bonds is 7. The van der Waals surface area contributed by atoms with Crippen molar-refractivity contribution in [3.05, 3.63) is 41.7 Å². The topological polar surface area (TPSA) is 52.5 Å². The van der Waals surface area contributed by atoms with Gasteiger partial charge in [-0.1, -0.05) is 12.2 Å². The Labute approximate surface area is 175 Å². The second-order valence-corrected chi connectivity index (χ2v) is 6.96. The fourth-order valence-corrected chi connectivity index (χ4v) is 3.20. The number of guanidine groups is 1. The van der Waals surface area contributed by atoms with Crippen LogP contribution in [0.25, 0.3) is 0 Å². The summed E-state index contributed by atoms with van der Waals surface area (Å²) in [6.07, 6.45) is 7.03. The molecular weight excluding hydrogens is 437 g/mol. The molecule has 2 heterocycles. The first-order valence-corrected chi connectivity index (χ1v) is 9.39. The normalized spacial score (nSPS) is 16.0. The van der Waals surface area contributed by atoms with Gasteiger partial charge in [0.25, 0.3) is 0 Å². The fourth-order valence-electron chi connectivity index (χ4n) is 3.20. The Hall–Kier alpha value is -1.15. The molecule has 1 aliphatic heterocycles. The predicted octanol–water partition coefficient (Wildman–Crippen LogP) is 3.15. The maximum absolute atomic E-state index is 4.76. The zero-order valence-electron chi connectivity index (χ0n) is 16.4. The van der Waals surface area contributed by atoms with Crippen molar-refractivity contribution in [3.8, 4) is 0 Å². The highest BCUT2D eigenvalue weighted by Gasteiger charge is 2.19. The van der Waals surface area contributed by atoms with Crippen LogP contribution in [0.3, 0.4) is 0 Å². The van der Waals surface area contributed by atoms with Crippen LogP contribution < -0.4 is 10.6 Å². The predicted molar refractivity (Wildman–Crippen MR) is 121 cm³/mol. The highest BCUT2D eigenvalue weighted by atomic mass is 127.